The monoisotopic (exact) mass is 561 g/mol. The van der Waals surface area contributed by atoms with Crippen LogP contribution in [0.4, 0.5) is 17.1 Å². The van der Waals surface area contributed by atoms with Gasteiger partial charge in [0.15, 0.2) is 11.5 Å². The summed E-state index contributed by atoms with van der Waals surface area (Å²) in [5, 5.41) is 7.34. The fourth-order valence-electron chi connectivity index (χ4n) is 6.57. The Morgan fingerprint density at radius 1 is 0.318 bits per heavy atom. The second kappa shape index (κ2) is 9.86. The van der Waals surface area contributed by atoms with Gasteiger partial charge in [-0.1, -0.05) is 121 Å². The molecular weight excluding hydrogens is 534 g/mol. The van der Waals surface area contributed by atoms with Crippen molar-refractivity contribution in [2.45, 2.75) is 0 Å². The fourth-order valence-corrected chi connectivity index (χ4v) is 6.57. The third kappa shape index (κ3) is 4.04. The predicted octanol–water partition coefficient (Wildman–Crippen LogP) is 12.1. The molecule has 0 saturated heterocycles. The zero-order valence-corrected chi connectivity index (χ0v) is 23.9. The Morgan fingerprint density at radius 2 is 0.773 bits per heavy atom. The molecule has 0 aliphatic carbocycles. The quantitative estimate of drug-likeness (QED) is 0.213. The summed E-state index contributed by atoms with van der Waals surface area (Å²) in [6.07, 6.45) is 0. The topological polar surface area (TPSA) is 12.5 Å². The summed E-state index contributed by atoms with van der Waals surface area (Å²) < 4.78 is 6.80. The third-order valence-corrected chi connectivity index (χ3v) is 8.79. The minimum Gasteiger partial charge on any atom is -0.453 e. The molecule has 0 unspecified atom stereocenters. The number of anilines is 3. The first kappa shape index (κ1) is 24.7. The maximum atomic E-state index is 6.80. The van der Waals surface area contributed by atoms with Gasteiger partial charge in [-0.05, 0) is 91.6 Å². The Balaban J connectivity index is 1.22. The number of hydrogen-bond donors (Lipinski definition) is 0. The molecule has 8 aromatic carbocycles. The summed E-state index contributed by atoms with van der Waals surface area (Å²) in [5.74, 6) is 1.68. The van der Waals surface area contributed by atoms with E-state index in [1.54, 1.807) is 0 Å². The predicted molar refractivity (Wildman–Crippen MR) is 185 cm³/mol. The average Bonchev–Trinajstić information content (AvgIpc) is 3.09. The molecule has 2 heteroatoms. The number of benzene rings is 8. The second-order valence-electron chi connectivity index (χ2n) is 11.4. The van der Waals surface area contributed by atoms with Crippen LogP contribution in [0.2, 0.25) is 0 Å². The van der Waals surface area contributed by atoms with Gasteiger partial charge in [0.1, 0.15) is 0 Å². The smallest absolute Gasteiger partial charge is 0.152 e. The van der Waals surface area contributed by atoms with Crippen LogP contribution >= 0.6 is 0 Å². The summed E-state index contributed by atoms with van der Waals surface area (Å²) in [7, 11) is 0. The van der Waals surface area contributed by atoms with Crippen LogP contribution < -0.4 is 9.64 Å². The van der Waals surface area contributed by atoms with Crippen molar-refractivity contribution in [1.82, 2.24) is 0 Å². The van der Waals surface area contributed by atoms with Gasteiger partial charge in [0.25, 0.3) is 0 Å². The van der Waals surface area contributed by atoms with E-state index in [9.17, 15) is 0 Å². The van der Waals surface area contributed by atoms with E-state index in [4.69, 9.17) is 4.74 Å². The largest absolute Gasteiger partial charge is 0.453 e. The van der Waals surface area contributed by atoms with Gasteiger partial charge in [-0.25, -0.2) is 0 Å². The molecule has 0 saturated carbocycles. The first-order chi connectivity index (χ1) is 21.8. The van der Waals surface area contributed by atoms with Crippen molar-refractivity contribution in [2.75, 3.05) is 4.90 Å². The number of nitrogens with zero attached hydrogens (tertiary/aromatic N) is 1. The summed E-state index contributed by atoms with van der Waals surface area (Å²) in [6, 6.07) is 58.6. The molecule has 206 valence electrons. The molecular formula is C42H27NO. The first-order valence-corrected chi connectivity index (χ1v) is 15.0. The van der Waals surface area contributed by atoms with Crippen molar-refractivity contribution in [3.63, 3.8) is 0 Å². The van der Waals surface area contributed by atoms with Crippen molar-refractivity contribution in [3.8, 4) is 33.8 Å². The molecule has 1 heterocycles. The van der Waals surface area contributed by atoms with Crippen LogP contribution in [0.5, 0.6) is 11.5 Å². The molecule has 0 bridgehead atoms. The zero-order chi connectivity index (χ0) is 29.0. The van der Waals surface area contributed by atoms with Gasteiger partial charge in [0, 0.05) is 5.39 Å². The van der Waals surface area contributed by atoms with Crippen LogP contribution in [0.25, 0.3) is 54.6 Å². The van der Waals surface area contributed by atoms with Crippen LogP contribution in [0.1, 0.15) is 0 Å². The summed E-state index contributed by atoms with van der Waals surface area (Å²) in [4.78, 5) is 2.35. The van der Waals surface area contributed by atoms with Crippen molar-refractivity contribution in [2.24, 2.45) is 0 Å². The van der Waals surface area contributed by atoms with E-state index in [-0.39, 0.29) is 0 Å². The third-order valence-electron chi connectivity index (χ3n) is 8.79. The minimum atomic E-state index is 0.840. The molecule has 0 N–H and O–H groups in total. The molecule has 0 atom stereocenters. The lowest BCUT2D eigenvalue weighted by Gasteiger charge is -2.34. The van der Waals surface area contributed by atoms with Gasteiger partial charge in [0.05, 0.1) is 17.1 Å². The Bertz CT molecular complexity index is 2250. The van der Waals surface area contributed by atoms with E-state index in [0.29, 0.717) is 0 Å². The standard InChI is InChI=1S/C42H27NO/c1-3-11-31-24-33(18-16-28(31)8-1)35-20-22-39-41(26-35)44-42-27-36(34-19-17-29-9-2-4-12-32(29)25-34)21-23-40(42)43(39)38-15-7-13-30-10-5-6-14-37(30)38/h1-27H. The summed E-state index contributed by atoms with van der Waals surface area (Å²) in [5.41, 5.74) is 7.77. The number of hydrogen-bond acceptors (Lipinski definition) is 2. The number of fused-ring (bicyclic) bond motifs is 5. The van der Waals surface area contributed by atoms with E-state index < -0.39 is 0 Å². The highest BCUT2D eigenvalue weighted by Crippen LogP contribution is 2.53. The molecule has 8 aromatic rings. The SMILES string of the molecule is c1ccc2cc(-c3ccc4c(c3)Oc3cc(-c5ccc6ccccc6c5)ccc3N4c3cccc4ccccc34)ccc2c1. The van der Waals surface area contributed by atoms with Crippen LogP contribution in [0, 0.1) is 0 Å². The van der Waals surface area contributed by atoms with Gasteiger partial charge in [-0.15, -0.1) is 0 Å². The van der Waals surface area contributed by atoms with Crippen molar-refractivity contribution in [1.29, 1.82) is 0 Å². The molecule has 1 aliphatic heterocycles. The normalized spacial score (nSPS) is 12.2. The van der Waals surface area contributed by atoms with E-state index in [1.807, 2.05) is 0 Å². The van der Waals surface area contributed by atoms with Crippen LogP contribution in [-0.2, 0) is 0 Å². The molecule has 44 heavy (non-hydrogen) atoms. The number of ether oxygens (including phenoxy) is 1. The molecule has 0 amide bonds. The van der Waals surface area contributed by atoms with Gasteiger partial charge in [0.2, 0.25) is 0 Å². The van der Waals surface area contributed by atoms with Gasteiger partial charge >= 0.3 is 0 Å². The van der Waals surface area contributed by atoms with Crippen molar-refractivity contribution < 1.29 is 4.74 Å². The number of rotatable bonds is 3. The second-order valence-corrected chi connectivity index (χ2v) is 11.4. The average molecular weight is 562 g/mol. The maximum Gasteiger partial charge on any atom is 0.152 e. The summed E-state index contributed by atoms with van der Waals surface area (Å²) in [6.45, 7) is 0. The molecule has 2 nitrogen and oxygen atoms in total. The fraction of sp³-hybridized carbons (Fsp3) is 0. The lowest BCUT2D eigenvalue weighted by atomic mass is 9.98. The van der Waals surface area contributed by atoms with Crippen molar-refractivity contribution in [3.05, 3.63) is 164 Å². The highest BCUT2D eigenvalue weighted by Gasteiger charge is 2.28. The highest BCUT2D eigenvalue weighted by molar-refractivity contribution is 6.02. The van der Waals surface area contributed by atoms with Crippen molar-refractivity contribution >= 4 is 49.4 Å². The lowest BCUT2D eigenvalue weighted by molar-refractivity contribution is 0.477. The van der Waals surface area contributed by atoms with Gasteiger partial charge < -0.3 is 9.64 Å². The first-order valence-electron chi connectivity index (χ1n) is 15.0. The Morgan fingerprint density at radius 3 is 1.36 bits per heavy atom. The van der Waals surface area contributed by atoms with Crippen LogP contribution in [0.15, 0.2) is 164 Å². The molecule has 9 rings (SSSR count). The molecule has 0 aromatic heterocycles. The molecule has 0 radical (unpaired) electrons. The van der Waals surface area contributed by atoms with E-state index in [2.05, 4.69) is 169 Å². The molecule has 1 aliphatic rings. The lowest BCUT2D eigenvalue weighted by Crippen LogP contribution is -2.16. The van der Waals surface area contributed by atoms with E-state index in [0.717, 1.165) is 39.7 Å². The molecule has 0 spiro atoms. The van der Waals surface area contributed by atoms with E-state index in [1.165, 1.54) is 43.4 Å². The Labute approximate surface area is 256 Å². The van der Waals surface area contributed by atoms with E-state index >= 15 is 0 Å². The zero-order valence-electron chi connectivity index (χ0n) is 23.9. The van der Waals surface area contributed by atoms with Crippen LogP contribution in [0.3, 0.4) is 0 Å². The highest BCUT2D eigenvalue weighted by atomic mass is 16.5. The van der Waals surface area contributed by atoms with Gasteiger partial charge in [-0.2, -0.15) is 0 Å². The molecule has 0 fully saturated rings. The summed E-state index contributed by atoms with van der Waals surface area (Å²) >= 11 is 0. The van der Waals surface area contributed by atoms with Crippen LogP contribution in [-0.4, -0.2) is 0 Å². The van der Waals surface area contributed by atoms with Gasteiger partial charge in [-0.3, -0.25) is 0 Å². The maximum absolute atomic E-state index is 6.80. The minimum absolute atomic E-state index is 0.840. The Hall–Kier alpha value is -5.86. The Kier molecular flexibility index (Phi) is 5.54.